The lowest BCUT2D eigenvalue weighted by atomic mass is 9.68. The molecule has 4 rings (SSSR count). The van der Waals surface area contributed by atoms with Crippen molar-refractivity contribution < 1.29 is 38.8 Å². The highest BCUT2D eigenvalue weighted by Crippen LogP contribution is 2.52. The van der Waals surface area contributed by atoms with Crippen LogP contribution in [-0.4, -0.2) is 57.3 Å². The highest BCUT2D eigenvalue weighted by molar-refractivity contribution is 6.22. The van der Waals surface area contributed by atoms with Gasteiger partial charge >= 0.3 is 5.97 Å². The Morgan fingerprint density at radius 2 is 1.83 bits per heavy atom. The number of carbonyl (C=O) groups is 3. The summed E-state index contributed by atoms with van der Waals surface area (Å²) in [7, 11) is 0. The van der Waals surface area contributed by atoms with Gasteiger partial charge in [-0.1, -0.05) is 32.1 Å². The van der Waals surface area contributed by atoms with E-state index in [1.807, 2.05) is 26.8 Å². The van der Waals surface area contributed by atoms with Crippen LogP contribution in [0.5, 0.6) is 0 Å². The number of ether oxygens (including phenoxy) is 3. The van der Waals surface area contributed by atoms with Crippen LogP contribution in [-0.2, 0) is 28.6 Å². The van der Waals surface area contributed by atoms with Gasteiger partial charge < -0.3 is 24.4 Å². The number of hydrogen-bond acceptors (Lipinski definition) is 7. The fourth-order valence-corrected chi connectivity index (χ4v) is 5.42. The Hall–Kier alpha value is -2.97. The Morgan fingerprint density at radius 3 is 2.46 bits per heavy atom. The number of carboxylic acid groups (broad SMARTS) is 1. The van der Waals surface area contributed by atoms with Crippen molar-refractivity contribution in [1.82, 2.24) is 0 Å². The minimum atomic E-state index is -1.75. The standard InChI is InChI=1S/C27H32O8/c1-7-8-9-10-11-26(5)24(29)20(25(30)31)23(35-26)18-15(4)33-16-12-17(28)27(6,32)21-13(2)14(3)34-22(18)19(16)21/h8-15,18,22,32H,7H2,1-6H3,(H,30,31)/b9-8+,11-10+/t13-,14-,15-,18-,22+,26-,27+/m1/s1. The first-order valence-electron chi connectivity index (χ1n) is 12.0. The zero-order chi connectivity index (χ0) is 25.9. The molecule has 0 spiro atoms. The van der Waals surface area contributed by atoms with E-state index in [9.17, 15) is 24.6 Å². The second-order valence-corrected chi connectivity index (χ2v) is 9.95. The molecule has 2 N–H and O–H groups in total. The van der Waals surface area contributed by atoms with E-state index in [-0.39, 0.29) is 17.8 Å². The number of aliphatic carboxylic acids is 1. The molecule has 0 aromatic rings. The molecule has 35 heavy (non-hydrogen) atoms. The summed E-state index contributed by atoms with van der Waals surface area (Å²) in [6.07, 6.45) is 7.13. The summed E-state index contributed by atoms with van der Waals surface area (Å²) in [6, 6.07) is 0. The molecule has 0 bridgehead atoms. The van der Waals surface area contributed by atoms with Gasteiger partial charge in [0.05, 0.1) is 18.1 Å². The number of hydrogen-bond donors (Lipinski definition) is 2. The van der Waals surface area contributed by atoms with Crippen LogP contribution in [0.1, 0.15) is 48.0 Å². The molecular weight excluding hydrogens is 452 g/mol. The van der Waals surface area contributed by atoms with Crippen LogP contribution in [0.15, 0.2) is 58.6 Å². The first-order valence-corrected chi connectivity index (χ1v) is 12.0. The molecule has 3 aliphatic heterocycles. The lowest BCUT2D eigenvalue weighted by Crippen LogP contribution is -2.55. The first-order chi connectivity index (χ1) is 16.3. The van der Waals surface area contributed by atoms with Crippen molar-refractivity contribution in [1.29, 1.82) is 0 Å². The SMILES string of the molecule is CC/C=C/C=C/[C@@]1(C)OC([C@H]2[C@@H]3O[C@H](C)[C@@H](C)C4=C3C(=CC(=O)[C@]4(C)O)O[C@@H]2C)=C(C(=O)O)C1=O. The van der Waals surface area contributed by atoms with E-state index < -0.39 is 52.4 Å². The van der Waals surface area contributed by atoms with Gasteiger partial charge in [0.1, 0.15) is 28.8 Å². The molecule has 0 radical (unpaired) electrons. The molecule has 0 aromatic heterocycles. The van der Waals surface area contributed by atoms with Gasteiger partial charge in [0, 0.05) is 17.6 Å². The smallest absolute Gasteiger partial charge is 0.343 e. The van der Waals surface area contributed by atoms with E-state index in [4.69, 9.17) is 14.2 Å². The average molecular weight is 485 g/mol. The Kier molecular flexibility index (Phi) is 6.18. The van der Waals surface area contributed by atoms with Gasteiger partial charge in [0.2, 0.25) is 5.78 Å². The molecule has 8 nitrogen and oxygen atoms in total. The van der Waals surface area contributed by atoms with Crippen molar-refractivity contribution in [3.05, 3.63) is 58.6 Å². The Morgan fingerprint density at radius 1 is 1.14 bits per heavy atom. The van der Waals surface area contributed by atoms with Crippen molar-refractivity contribution in [2.45, 2.75) is 77.5 Å². The third-order valence-electron chi connectivity index (χ3n) is 7.43. The van der Waals surface area contributed by atoms with E-state index >= 15 is 0 Å². The summed E-state index contributed by atoms with van der Waals surface area (Å²) in [5, 5.41) is 21.1. The van der Waals surface area contributed by atoms with Gasteiger partial charge in [-0.25, -0.2) is 4.79 Å². The minimum absolute atomic E-state index is 0.0178. The summed E-state index contributed by atoms with van der Waals surface area (Å²) in [6.45, 7) is 10.4. The fourth-order valence-electron chi connectivity index (χ4n) is 5.42. The minimum Gasteiger partial charge on any atom is -0.489 e. The lowest BCUT2D eigenvalue weighted by Gasteiger charge is -2.50. The van der Waals surface area contributed by atoms with Crippen LogP contribution in [0, 0.1) is 11.8 Å². The van der Waals surface area contributed by atoms with Crippen molar-refractivity contribution >= 4 is 17.5 Å². The van der Waals surface area contributed by atoms with Crippen LogP contribution in [0.25, 0.3) is 0 Å². The molecule has 0 aromatic carbocycles. The van der Waals surface area contributed by atoms with E-state index in [1.165, 1.54) is 26.0 Å². The molecule has 1 fully saturated rings. The van der Waals surface area contributed by atoms with Crippen molar-refractivity contribution in [3.63, 3.8) is 0 Å². The molecular formula is C27H32O8. The molecule has 7 atom stereocenters. The molecule has 1 aliphatic carbocycles. The molecule has 4 aliphatic rings. The Balaban J connectivity index is 1.85. The van der Waals surface area contributed by atoms with Crippen LogP contribution in [0.4, 0.5) is 0 Å². The quantitative estimate of drug-likeness (QED) is 0.451. The lowest BCUT2D eigenvalue weighted by molar-refractivity contribution is -0.138. The Labute approximate surface area is 204 Å². The molecule has 0 amide bonds. The van der Waals surface area contributed by atoms with Gasteiger partial charge in [-0.2, -0.15) is 0 Å². The molecule has 1 saturated heterocycles. The molecule has 0 saturated carbocycles. The fraction of sp³-hybridized carbons (Fsp3) is 0.519. The molecule has 188 valence electrons. The van der Waals surface area contributed by atoms with E-state index in [0.29, 0.717) is 16.9 Å². The van der Waals surface area contributed by atoms with Crippen LogP contribution in [0.2, 0.25) is 0 Å². The maximum Gasteiger partial charge on any atom is 0.343 e. The number of rotatable bonds is 5. The highest BCUT2D eigenvalue weighted by atomic mass is 16.5. The third-order valence-corrected chi connectivity index (χ3v) is 7.43. The summed E-state index contributed by atoms with van der Waals surface area (Å²) >= 11 is 0. The number of allylic oxidation sites excluding steroid dienone is 3. The van der Waals surface area contributed by atoms with Crippen LogP contribution in [0.3, 0.4) is 0 Å². The van der Waals surface area contributed by atoms with Gasteiger partial charge in [-0.05, 0) is 45.8 Å². The average Bonchev–Trinajstić information content (AvgIpc) is 3.02. The summed E-state index contributed by atoms with van der Waals surface area (Å²) < 4.78 is 18.6. The predicted octanol–water partition coefficient (Wildman–Crippen LogP) is 3.18. The zero-order valence-electron chi connectivity index (χ0n) is 20.8. The maximum absolute atomic E-state index is 13.3. The maximum atomic E-state index is 13.3. The van der Waals surface area contributed by atoms with Crippen LogP contribution < -0.4 is 0 Å². The Bertz CT molecular complexity index is 1130. The van der Waals surface area contributed by atoms with Gasteiger partial charge in [-0.3, -0.25) is 9.59 Å². The topological polar surface area (TPSA) is 119 Å². The van der Waals surface area contributed by atoms with Gasteiger partial charge in [-0.15, -0.1) is 0 Å². The summed E-state index contributed by atoms with van der Waals surface area (Å²) in [5.41, 5.74) is -2.68. The van der Waals surface area contributed by atoms with Gasteiger partial charge in [0.25, 0.3) is 0 Å². The van der Waals surface area contributed by atoms with E-state index in [2.05, 4.69) is 0 Å². The van der Waals surface area contributed by atoms with Gasteiger partial charge in [0.15, 0.2) is 11.4 Å². The molecule has 8 heteroatoms. The largest absolute Gasteiger partial charge is 0.489 e. The van der Waals surface area contributed by atoms with Crippen LogP contribution >= 0.6 is 0 Å². The monoisotopic (exact) mass is 484 g/mol. The van der Waals surface area contributed by atoms with Crippen molar-refractivity contribution in [3.8, 4) is 0 Å². The summed E-state index contributed by atoms with van der Waals surface area (Å²) in [4.78, 5) is 38.3. The zero-order valence-corrected chi connectivity index (χ0v) is 20.8. The number of Topliss-reactive ketones (excluding diaryl/α,β-unsaturated/α-hetero) is 1. The number of ketones is 2. The van der Waals surface area contributed by atoms with E-state index in [0.717, 1.165) is 6.42 Å². The van der Waals surface area contributed by atoms with Crippen molar-refractivity contribution in [2.24, 2.45) is 11.8 Å². The number of carbonyl (C=O) groups excluding carboxylic acids is 2. The van der Waals surface area contributed by atoms with E-state index in [1.54, 1.807) is 19.1 Å². The number of carboxylic acids is 1. The second kappa shape index (κ2) is 8.60. The second-order valence-electron chi connectivity index (χ2n) is 9.95. The van der Waals surface area contributed by atoms with Crippen molar-refractivity contribution in [2.75, 3.05) is 0 Å². The normalized spacial score (nSPS) is 39.2. The number of aliphatic hydroxyl groups is 1. The highest BCUT2D eigenvalue weighted by Gasteiger charge is 2.58. The third kappa shape index (κ3) is 3.79. The summed E-state index contributed by atoms with van der Waals surface area (Å²) in [5.74, 6) is -3.32. The predicted molar refractivity (Wildman–Crippen MR) is 126 cm³/mol. The first kappa shape index (κ1) is 25.1. The molecule has 3 heterocycles. The molecule has 0 unspecified atom stereocenters.